The summed E-state index contributed by atoms with van der Waals surface area (Å²) >= 11 is 4.84. The number of aliphatic hydroxyl groups is 1. The zero-order valence-corrected chi connectivity index (χ0v) is 23.8. The molecule has 3 rings (SSSR count). The fraction of sp³-hybridized carbons (Fsp3) is 0.538. The summed E-state index contributed by atoms with van der Waals surface area (Å²) in [6.45, 7) is 9.72. The maximum absolute atomic E-state index is 13.5. The number of thiazole rings is 1. The summed E-state index contributed by atoms with van der Waals surface area (Å²) in [4.78, 5) is 45.2. The molecule has 10 heteroatoms. The highest BCUT2D eigenvalue weighted by Gasteiger charge is 2.44. The van der Waals surface area contributed by atoms with Crippen LogP contribution in [0.3, 0.4) is 0 Å². The zero-order chi connectivity index (χ0) is 26.6. The van der Waals surface area contributed by atoms with Crippen LogP contribution >= 0.6 is 27.3 Å². The summed E-state index contributed by atoms with van der Waals surface area (Å²) in [7, 11) is 0. The largest absolute Gasteiger partial charge is 0.391 e. The molecule has 0 saturated carbocycles. The summed E-state index contributed by atoms with van der Waals surface area (Å²) in [5.74, 6) is -0.972. The molecule has 0 radical (unpaired) electrons. The van der Waals surface area contributed by atoms with Gasteiger partial charge in [-0.15, -0.1) is 11.3 Å². The Hall–Kier alpha value is -2.30. The Balaban J connectivity index is 1.62. The first-order valence-electron chi connectivity index (χ1n) is 12.1. The van der Waals surface area contributed by atoms with Crippen molar-refractivity contribution < 1.29 is 19.5 Å². The van der Waals surface area contributed by atoms with Crippen molar-refractivity contribution in [2.45, 2.75) is 70.5 Å². The minimum Gasteiger partial charge on any atom is -0.391 e. The van der Waals surface area contributed by atoms with Crippen LogP contribution in [0.5, 0.6) is 0 Å². The SMILES string of the molecule is Cc1ncsc1-c1ccc(CCNC(=O)[C@@H]2C[C@H](O)CN2C(=O)[C@@H](NC(=O)[C@@H](C)Br)C(C)(C)C)cc1. The van der Waals surface area contributed by atoms with Crippen LogP contribution in [0.1, 0.15) is 45.4 Å². The number of hydrogen-bond donors (Lipinski definition) is 3. The highest BCUT2D eigenvalue weighted by atomic mass is 79.9. The molecule has 0 aliphatic carbocycles. The van der Waals surface area contributed by atoms with Gasteiger partial charge in [0.05, 0.1) is 27.0 Å². The maximum atomic E-state index is 13.5. The van der Waals surface area contributed by atoms with Crippen molar-refractivity contribution in [2.24, 2.45) is 5.41 Å². The molecule has 0 unspecified atom stereocenters. The number of hydrogen-bond acceptors (Lipinski definition) is 6. The van der Waals surface area contributed by atoms with Gasteiger partial charge >= 0.3 is 0 Å². The molecule has 1 aliphatic rings. The van der Waals surface area contributed by atoms with Gasteiger partial charge in [0.15, 0.2) is 0 Å². The maximum Gasteiger partial charge on any atom is 0.246 e. The summed E-state index contributed by atoms with van der Waals surface area (Å²) < 4.78 is 0. The highest BCUT2D eigenvalue weighted by Crippen LogP contribution is 2.28. The van der Waals surface area contributed by atoms with E-state index < -0.39 is 28.4 Å². The molecule has 0 spiro atoms. The third-order valence-corrected chi connectivity index (χ3v) is 7.69. The van der Waals surface area contributed by atoms with Gasteiger partial charge in [0.1, 0.15) is 12.1 Å². The molecule has 3 amide bonds. The van der Waals surface area contributed by atoms with Crippen molar-refractivity contribution in [1.29, 1.82) is 0 Å². The van der Waals surface area contributed by atoms with Crippen molar-refractivity contribution >= 4 is 45.0 Å². The van der Waals surface area contributed by atoms with E-state index in [4.69, 9.17) is 0 Å². The summed E-state index contributed by atoms with van der Waals surface area (Å²) in [5.41, 5.74) is 4.47. The van der Waals surface area contributed by atoms with Crippen molar-refractivity contribution in [3.05, 3.63) is 41.0 Å². The summed E-state index contributed by atoms with van der Waals surface area (Å²) in [6, 6.07) is 6.58. The minimum atomic E-state index is -0.828. The van der Waals surface area contributed by atoms with Gasteiger partial charge in [-0.05, 0) is 36.8 Å². The molecule has 0 bridgehead atoms. The monoisotopic (exact) mass is 578 g/mol. The molecule has 2 aromatic rings. The number of alkyl halides is 1. The molecular formula is C26H35BrN4O4S. The first-order valence-corrected chi connectivity index (χ1v) is 13.9. The van der Waals surface area contributed by atoms with Gasteiger partial charge in [0.25, 0.3) is 0 Å². The Morgan fingerprint density at radius 3 is 2.47 bits per heavy atom. The van der Waals surface area contributed by atoms with Crippen LogP contribution in [-0.4, -0.2) is 68.8 Å². The van der Waals surface area contributed by atoms with E-state index in [9.17, 15) is 19.5 Å². The van der Waals surface area contributed by atoms with Gasteiger partial charge in [0, 0.05) is 19.5 Å². The second-order valence-electron chi connectivity index (χ2n) is 10.3. The van der Waals surface area contributed by atoms with Crippen molar-refractivity contribution in [3.63, 3.8) is 0 Å². The Labute approximate surface area is 225 Å². The number of aliphatic hydroxyl groups excluding tert-OH is 1. The van der Waals surface area contributed by atoms with Gasteiger partial charge in [0.2, 0.25) is 17.7 Å². The number of likely N-dealkylation sites (tertiary alicyclic amines) is 1. The molecule has 1 saturated heterocycles. The van der Waals surface area contributed by atoms with Crippen molar-refractivity contribution in [3.8, 4) is 10.4 Å². The number of aryl methyl sites for hydroxylation is 1. The molecule has 8 nitrogen and oxygen atoms in total. The Morgan fingerprint density at radius 2 is 1.92 bits per heavy atom. The predicted octanol–water partition coefficient (Wildman–Crippen LogP) is 3.05. The van der Waals surface area contributed by atoms with E-state index in [1.54, 1.807) is 18.3 Å². The first kappa shape index (κ1) is 28.3. The van der Waals surface area contributed by atoms with Gasteiger partial charge in [-0.25, -0.2) is 4.98 Å². The Bertz CT molecular complexity index is 1080. The van der Waals surface area contributed by atoms with Crippen LogP contribution in [0.15, 0.2) is 29.8 Å². The standard InChI is InChI=1S/C26H35BrN4O4S/c1-15(27)23(33)30-22(26(3,4)5)25(35)31-13-19(32)12-20(31)24(34)28-11-10-17-6-8-18(9-7-17)21-16(2)29-14-36-21/h6-9,14-15,19-20,22,32H,10-13H2,1-5H3,(H,28,34)(H,30,33)/t15-,19+,20+,22-/m1/s1. The van der Waals surface area contributed by atoms with Crippen LogP contribution in [0.4, 0.5) is 0 Å². The van der Waals surface area contributed by atoms with E-state index in [2.05, 4.69) is 43.7 Å². The topological polar surface area (TPSA) is 112 Å². The predicted molar refractivity (Wildman–Crippen MR) is 145 cm³/mol. The molecule has 2 heterocycles. The minimum absolute atomic E-state index is 0.0572. The molecule has 1 aliphatic heterocycles. The average molecular weight is 580 g/mol. The van der Waals surface area contributed by atoms with E-state index in [0.717, 1.165) is 21.7 Å². The summed E-state index contributed by atoms with van der Waals surface area (Å²) in [6.07, 6.45) is 0.0137. The van der Waals surface area contributed by atoms with E-state index in [1.807, 2.05) is 45.3 Å². The van der Waals surface area contributed by atoms with Crippen LogP contribution in [0, 0.1) is 12.3 Å². The number of carbonyl (C=O) groups excluding carboxylic acids is 3. The Kier molecular flexibility index (Phi) is 9.29. The number of amides is 3. The number of β-amino-alcohol motifs (C(OH)–C–C–N with tert-alkyl or cyclic N) is 1. The number of aromatic nitrogens is 1. The lowest BCUT2D eigenvalue weighted by Crippen LogP contribution is -2.58. The van der Waals surface area contributed by atoms with E-state index in [-0.39, 0.29) is 30.7 Å². The number of nitrogens with zero attached hydrogens (tertiary/aromatic N) is 2. The van der Waals surface area contributed by atoms with Crippen LogP contribution in [-0.2, 0) is 20.8 Å². The molecule has 1 fully saturated rings. The summed E-state index contributed by atoms with van der Waals surface area (Å²) in [5, 5.41) is 16.0. The number of rotatable bonds is 8. The van der Waals surface area contributed by atoms with Crippen LogP contribution in [0.25, 0.3) is 10.4 Å². The number of nitrogens with one attached hydrogen (secondary N) is 2. The highest BCUT2D eigenvalue weighted by molar-refractivity contribution is 9.10. The van der Waals surface area contributed by atoms with E-state index >= 15 is 0 Å². The van der Waals surface area contributed by atoms with Crippen LogP contribution < -0.4 is 10.6 Å². The average Bonchev–Trinajstić information content (AvgIpc) is 3.41. The van der Waals surface area contributed by atoms with E-state index in [1.165, 1.54) is 4.90 Å². The van der Waals surface area contributed by atoms with Crippen molar-refractivity contribution in [1.82, 2.24) is 20.5 Å². The number of halogens is 1. The van der Waals surface area contributed by atoms with Gasteiger partial charge < -0.3 is 20.6 Å². The van der Waals surface area contributed by atoms with Crippen LogP contribution in [0.2, 0.25) is 0 Å². The molecule has 4 atom stereocenters. The third-order valence-electron chi connectivity index (χ3n) is 6.30. The lowest BCUT2D eigenvalue weighted by Gasteiger charge is -2.35. The molecule has 1 aromatic heterocycles. The number of benzene rings is 1. The lowest BCUT2D eigenvalue weighted by atomic mass is 9.85. The second-order valence-corrected chi connectivity index (χ2v) is 12.6. The van der Waals surface area contributed by atoms with Gasteiger partial charge in [-0.1, -0.05) is 61.0 Å². The molecular weight excluding hydrogens is 544 g/mol. The quantitative estimate of drug-likeness (QED) is 0.417. The first-order chi connectivity index (χ1) is 16.9. The fourth-order valence-electron chi connectivity index (χ4n) is 4.23. The fourth-order valence-corrected chi connectivity index (χ4v) is 5.17. The zero-order valence-electron chi connectivity index (χ0n) is 21.4. The van der Waals surface area contributed by atoms with E-state index in [0.29, 0.717) is 13.0 Å². The normalized spacial score (nSPS) is 19.6. The lowest BCUT2D eigenvalue weighted by molar-refractivity contribution is -0.143. The molecule has 36 heavy (non-hydrogen) atoms. The van der Waals surface area contributed by atoms with Crippen molar-refractivity contribution in [2.75, 3.05) is 13.1 Å². The molecule has 3 N–H and O–H groups in total. The smallest absolute Gasteiger partial charge is 0.246 e. The van der Waals surface area contributed by atoms with Gasteiger partial charge in [-0.3, -0.25) is 14.4 Å². The molecule has 1 aromatic carbocycles. The molecule has 196 valence electrons. The van der Waals surface area contributed by atoms with Gasteiger partial charge in [-0.2, -0.15) is 0 Å². The third kappa shape index (κ3) is 6.92. The second kappa shape index (κ2) is 11.8. The Morgan fingerprint density at radius 1 is 1.25 bits per heavy atom. The number of carbonyl (C=O) groups is 3.